The molecule has 2 aromatic carbocycles. The van der Waals surface area contributed by atoms with Gasteiger partial charge < -0.3 is 9.47 Å². The molecule has 1 aliphatic rings. The number of carbonyl (C=O) groups is 1. The number of likely N-dealkylation sites (tertiary alicyclic amines) is 1. The van der Waals surface area contributed by atoms with E-state index in [2.05, 4.69) is 21.6 Å². The Kier molecular flexibility index (Phi) is 7.17. The molecule has 1 saturated heterocycles. The van der Waals surface area contributed by atoms with Gasteiger partial charge in [0.25, 0.3) is 10.0 Å². The molecule has 2 atom stereocenters. The summed E-state index contributed by atoms with van der Waals surface area (Å²) in [6.07, 6.45) is 6.82. The van der Waals surface area contributed by atoms with Crippen LogP contribution in [-0.4, -0.2) is 46.3 Å². The topological polar surface area (TPSA) is 97.2 Å². The maximum absolute atomic E-state index is 13.1. The van der Waals surface area contributed by atoms with Crippen LogP contribution in [-0.2, 0) is 21.4 Å². The first-order valence-electron chi connectivity index (χ1n) is 12.2. The predicted molar refractivity (Wildman–Crippen MR) is 148 cm³/mol. The van der Waals surface area contributed by atoms with Gasteiger partial charge in [-0.2, -0.15) is 0 Å². The minimum absolute atomic E-state index is 0. The van der Waals surface area contributed by atoms with Gasteiger partial charge in [-0.3, -0.25) is 9.52 Å². The number of aromatic nitrogens is 3. The van der Waals surface area contributed by atoms with Crippen molar-refractivity contribution >= 4 is 44.3 Å². The van der Waals surface area contributed by atoms with Gasteiger partial charge in [-0.25, -0.2) is 18.4 Å². The van der Waals surface area contributed by atoms with E-state index in [9.17, 15) is 13.2 Å². The molecular weight excluding hydrogens is 510 g/mol. The summed E-state index contributed by atoms with van der Waals surface area (Å²) < 4.78 is 29.8. The zero-order valence-electron chi connectivity index (χ0n) is 20.4. The fourth-order valence-electron chi connectivity index (χ4n) is 5.07. The second kappa shape index (κ2) is 10.5. The largest absolute Gasteiger partial charge is 0.346 e. The molecule has 1 N–H and O–H groups in total. The first-order valence-corrected chi connectivity index (χ1v) is 14.1. The number of amides is 1. The summed E-state index contributed by atoms with van der Waals surface area (Å²) in [4.78, 5) is 22.9. The summed E-state index contributed by atoms with van der Waals surface area (Å²) in [6, 6.07) is 16.4. The minimum Gasteiger partial charge on any atom is -0.346 e. The molecular formula is C27H32ClN5O3S. The van der Waals surface area contributed by atoms with Crippen LogP contribution in [0.5, 0.6) is 0 Å². The third-order valence-corrected chi connectivity index (χ3v) is 8.66. The van der Waals surface area contributed by atoms with Crippen molar-refractivity contribution in [2.45, 2.75) is 49.6 Å². The summed E-state index contributed by atoms with van der Waals surface area (Å²) >= 11 is 6.38. The molecule has 1 aliphatic heterocycles. The number of benzene rings is 2. The van der Waals surface area contributed by atoms with E-state index >= 15 is 0 Å². The standard InChI is InChI=1S/C27H28ClN5O3S.2H2/c1-19-17-22(20-5-7-23(8-6-20)37(35,36)31-25-9-13-29-18-30-25)11-16-33(19)26(34)12-15-32-14-10-21-3-2-4-24(28)27(21)32;;/h2-10,13-14,18-19,22H,11-12,15-17H2,1H3,(H,29,30,31);2*1H/t19-,22?;;/m1../s1. The molecule has 3 heterocycles. The second-order valence-electron chi connectivity index (χ2n) is 9.36. The van der Waals surface area contributed by atoms with Gasteiger partial charge in [-0.15, -0.1) is 0 Å². The zero-order valence-corrected chi connectivity index (χ0v) is 22.0. The van der Waals surface area contributed by atoms with Crippen molar-refractivity contribution in [3.05, 3.63) is 83.9 Å². The van der Waals surface area contributed by atoms with Gasteiger partial charge in [-0.1, -0.05) is 35.9 Å². The number of aryl methyl sites for hydroxylation is 1. The number of nitrogens with zero attached hydrogens (tertiary/aromatic N) is 4. The van der Waals surface area contributed by atoms with Crippen LogP contribution in [0.4, 0.5) is 5.82 Å². The van der Waals surface area contributed by atoms with E-state index in [1.54, 1.807) is 12.1 Å². The number of hydrogen-bond acceptors (Lipinski definition) is 5. The predicted octanol–water partition coefficient (Wildman–Crippen LogP) is 5.56. The van der Waals surface area contributed by atoms with Crippen LogP contribution in [0.3, 0.4) is 0 Å². The molecule has 0 spiro atoms. The second-order valence-corrected chi connectivity index (χ2v) is 11.5. The first kappa shape index (κ1) is 25.2. The van der Waals surface area contributed by atoms with Crippen LogP contribution >= 0.6 is 11.6 Å². The average molecular weight is 542 g/mol. The Morgan fingerprint density at radius 2 is 1.97 bits per heavy atom. The van der Waals surface area contributed by atoms with Gasteiger partial charge in [0.05, 0.1) is 15.4 Å². The van der Waals surface area contributed by atoms with E-state index in [0.717, 1.165) is 29.3 Å². The summed E-state index contributed by atoms with van der Waals surface area (Å²) in [6.45, 7) is 3.33. The Bertz CT molecular complexity index is 1520. The zero-order chi connectivity index (χ0) is 26.0. The number of hydrogen-bond donors (Lipinski definition) is 1. The van der Waals surface area contributed by atoms with Crippen molar-refractivity contribution in [2.75, 3.05) is 11.3 Å². The lowest BCUT2D eigenvalue weighted by atomic mass is 9.86. The summed E-state index contributed by atoms with van der Waals surface area (Å²) in [5, 5.41) is 1.76. The van der Waals surface area contributed by atoms with Crippen molar-refractivity contribution in [1.82, 2.24) is 19.4 Å². The van der Waals surface area contributed by atoms with Crippen LogP contribution in [0.15, 0.2) is 78.2 Å². The van der Waals surface area contributed by atoms with E-state index in [1.807, 2.05) is 52.1 Å². The highest BCUT2D eigenvalue weighted by molar-refractivity contribution is 7.92. The molecule has 37 heavy (non-hydrogen) atoms. The molecule has 4 aromatic rings. The highest BCUT2D eigenvalue weighted by Gasteiger charge is 2.29. The number of halogens is 1. The summed E-state index contributed by atoms with van der Waals surface area (Å²) in [5.41, 5.74) is 2.04. The van der Waals surface area contributed by atoms with E-state index < -0.39 is 10.0 Å². The molecule has 1 fully saturated rings. The van der Waals surface area contributed by atoms with Gasteiger partial charge in [0, 0.05) is 46.2 Å². The average Bonchev–Trinajstić information content (AvgIpc) is 3.32. The van der Waals surface area contributed by atoms with Crippen molar-refractivity contribution < 1.29 is 16.1 Å². The van der Waals surface area contributed by atoms with Crippen LogP contribution < -0.4 is 4.72 Å². The van der Waals surface area contributed by atoms with E-state index in [-0.39, 0.29) is 31.4 Å². The lowest BCUT2D eigenvalue weighted by Crippen LogP contribution is -2.44. The van der Waals surface area contributed by atoms with Crippen LogP contribution in [0.25, 0.3) is 10.9 Å². The van der Waals surface area contributed by atoms with E-state index in [1.165, 1.54) is 18.6 Å². The number of nitrogens with one attached hydrogen (secondary N) is 1. The van der Waals surface area contributed by atoms with Gasteiger partial charge in [0.15, 0.2) is 0 Å². The number of anilines is 1. The van der Waals surface area contributed by atoms with E-state index in [4.69, 9.17) is 11.6 Å². The molecule has 2 aromatic heterocycles. The number of piperidine rings is 1. The Labute approximate surface area is 224 Å². The lowest BCUT2D eigenvalue weighted by molar-refractivity contribution is -0.134. The highest BCUT2D eigenvalue weighted by Crippen LogP contribution is 2.33. The smallest absolute Gasteiger partial charge is 0.263 e. The maximum Gasteiger partial charge on any atom is 0.263 e. The highest BCUT2D eigenvalue weighted by atomic mass is 35.5. The maximum atomic E-state index is 13.1. The third-order valence-electron chi connectivity index (χ3n) is 6.99. The SMILES string of the molecule is C[C@@H]1CC(c2ccc(S(=O)(=O)Nc3ccncn3)cc2)CCN1C(=O)CCn1ccc2cccc(Cl)c21.[HH].[HH]. The Morgan fingerprint density at radius 1 is 1.16 bits per heavy atom. The molecule has 8 nitrogen and oxygen atoms in total. The van der Waals surface area contributed by atoms with Crippen molar-refractivity contribution in [2.24, 2.45) is 0 Å². The molecule has 1 unspecified atom stereocenters. The van der Waals surface area contributed by atoms with E-state index in [0.29, 0.717) is 24.5 Å². The number of carbonyl (C=O) groups excluding carboxylic acids is 1. The Balaban J connectivity index is 0.00000210. The molecule has 1 amide bonds. The van der Waals surface area contributed by atoms with Gasteiger partial charge in [-0.05, 0) is 61.6 Å². The quantitative estimate of drug-likeness (QED) is 0.330. The number of sulfonamides is 1. The van der Waals surface area contributed by atoms with Gasteiger partial charge in [0.2, 0.25) is 5.91 Å². The number of para-hydroxylation sites is 1. The van der Waals surface area contributed by atoms with Gasteiger partial charge >= 0.3 is 0 Å². The normalized spacial score (nSPS) is 18.2. The third kappa shape index (κ3) is 5.47. The fourth-order valence-corrected chi connectivity index (χ4v) is 6.37. The van der Waals surface area contributed by atoms with Crippen molar-refractivity contribution in [1.29, 1.82) is 0 Å². The van der Waals surface area contributed by atoms with Crippen molar-refractivity contribution in [3.63, 3.8) is 0 Å². The van der Waals surface area contributed by atoms with Crippen LogP contribution in [0.1, 0.15) is 40.5 Å². The molecule has 0 radical (unpaired) electrons. The molecule has 0 aliphatic carbocycles. The minimum atomic E-state index is -3.74. The van der Waals surface area contributed by atoms with Gasteiger partial charge in [0.1, 0.15) is 12.1 Å². The molecule has 5 rings (SSSR count). The first-order chi connectivity index (χ1) is 17.8. The summed E-state index contributed by atoms with van der Waals surface area (Å²) in [7, 11) is -3.74. The van der Waals surface area contributed by atoms with Crippen LogP contribution in [0, 0.1) is 0 Å². The monoisotopic (exact) mass is 541 g/mol. The molecule has 0 bridgehead atoms. The number of rotatable bonds is 7. The lowest BCUT2D eigenvalue weighted by Gasteiger charge is -2.38. The molecule has 0 saturated carbocycles. The Morgan fingerprint density at radius 3 is 2.70 bits per heavy atom. The molecule has 10 heteroatoms. The van der Waals surface area contributed by atoms with Crippen molar-refractivity contribution in [3.8, 4) is 0 Å². The Hall–Kier alpha value is -3.43. The summed E-state index contributed by atoms with van der Waals surface area (Å²) in [5.74, 6) is 0.618. The number of fused-ring (bicyclic) bond motifs is 1. The fraction of sp³-hybridized carbons (Fsp3) is 0.296. The van der Waals surface area contributed by atoms with Crippen LogP contribution in [0.2, 0.25) is 5.02 Å². The molecule has 196 valence electrons.